The summed E-state index contributed by atoms with van der Waals surface area (Å²) >= 11 is 3.43. The number of amides is 2. The van der Waals surface area contributed by atoms with Gasteiger partial charge in [0.25, 0.3) is 11.8 Å². The van der Waals surface area contributed by atoms with E-state index in [4.69, 9.17) is 9.47 Å². The first-order chi connectivity index (χ1) is 14.8. The Balaban J connectivity index is 2.05. The Morgan fingerprint density at radius 2 is 1.87 bits per heavy atom. The summed E-state index contributed by atoms with van der Waals surface area (Å²) in [7, 11) is 1.56. The molecule has 0 aliphatic heterocycles. The predicted octanol–water partition coefficient (Wildman–Crippen LogP) is 4.15. The molecule has 0 fully saturated rings. The minimum Gasteiger partial charge on any atom is -0.497 e. The van der Waals surface area contributed by atoms with Crippen LogP contribution in [0.5, 0.6) is 11.5 Å². The molecule has 0 spiro atoms. The number of nitrogens with zero attached hydrogens (tertiary/aromatic N) is 1. The Morgan fingerprint density at radius 1 is 1.16 bits per heavy atom. The van der Waals surface area contributed by atoms with E-state index in [0.717, 1.165) is 16.5 Å². The maximum Gasteiger partial charge on any atom is 0.262 e. The lowest BCUT2D eigenvalue weighted by Gasteiger charge is -2.20. The molecule has 0 bridgehead atoms. The number of carbonyl (C=O) groups excluding carboxylic acids is 2. The van der Waals surface area contributed by atoms with Gasteiger partial charge in [-0.15, -0.1) is 0 Å². The second-order valence-electron chi connectivity index (χ2n) is 7.19. The molecule has 2 aromatic rings. The third kappa shape index (κ3) is 7.40. The van der Waals surface area contributed by atoms with E-state index in [1.165, 1.54) is 6.21 Å². The van der Waals surface area contributed by atoms with Crippen LogP contribution < -0.4 is 20.2 Å². The van der Waals surface area contributed by atoms with Crippen LogP contribution in [0.1, 0.15) is 43.1 Å². The summed E-state index contributed by atoms with van der Waals surface area (Å²) < 4.78 is 11.7. The molecule has 0 saturated heterocycles. The standard InChI is InChI=1S/C23H28BrN3O4/c1-5-12-31-20-11-8-18(24)13-17(20)14-25-27-23(29)21(15(2)3)26-22(28)16-6-9-19(30-4)10-7-16/h6-11,13-15,21H,5,12H2,1-4H3,(H,26,28)(H,27,29). The van der Waals surface area contributed by atoms with E-state index in [9.17, 15) is 9.59 Å². The van der Waals surface area contributed by atoms with Gasteiger partial charge in [-0.25, -0.2) is 5.43 Å². The van der Waals surface area contributed by atoms with Crippen molar-refractivity contribution < 1.29 is 19.1 Å². The van der Waals surface area contributed by atoms with Gasteiger partial charge < -0.3 is 14.8 Å². The molecule has 1 unspecified atom stereocenters. The smallest absolute Gasteiger partial charge is 0.262 e. The van der Waals surface area contributed by atoms with Crippen molar-refractivity contribution in [3.8, 4) is 11.5 Å². The number of benzene rings is 2. The van der Waals surface area contributed by atoms with Crippen molar-refractivity contribution in [2.24, 2.45) is 11.0 Å². The quantitative estimate of drug-likeness (QED) is 0.387. The fourth-order valence-electron chi connectivity index (χ4n) is 2.70. The molecule has 2 rings (SSSR count). The first kappa shape index (κ1) is 24.4. The van der Waals surface area contributed by atoms with Crippen LogP contribution in [0.2, 0.25) is 0 Å². The van der Waals surface area contributed by atoms with Gasteiger partial charge in [-0.1, -0.05) is 36.7 Å². The summed E-state index contributed by atoms with van der Waals surface area (Å²) in [5.74, 6) is 0.448. The first-order valence-electron chi connectivity index (χ1n) is 10.1. The topological polar surface area (TPSA) is 89.0 Å². The molecule has 0 radical (unpaired) electrons. The zero-order chi connectivity index (χ0) is 22.8. The fraction of sp³-hybridized carbons (Fsp3) is 0.348. The van der Waals surface area contributed by atoms with Crippen LogP contribution in [0.4, 0.5) is 0 Å². The van der Waals surface area contributed by atoms with Gasteiger partial charge in [-0.05, 0) is 54.8 Å². The average Bonchev–Trinajstić information content (AvgIpc) is 2.76. The van der Waals surface area contributed by atoms with Gasteiger partial charge >= 0.3 is 0 Å². The zero-order valence-electron chi connectivity index (χ0n) is 18.1. The number of hydrazone groups is 1. The van der Waals surface area contributed by atoms with Crippen LogP contribution in [-0.4, -0.2) is 37.8 Å². The zero-order valence-corrected chi connectivity index (χ0v) is 19.7. The Hall–Kier alpha value is -2.87. The predicted molar refractivity (Wildman–Crippen MR) is 125 cm³/mol. The third-order valence-corrected chi connectivity index (χ3v) is 4.89. The van der Waals surface area contributed by atoms with E-state index < -0.39 is 11.9 Å². The van der Waals surface area contributed by atoms with Crippen molar-refractivity contribution >= 4 is 34.0 Å². The van der Waals surface area contributed by atoms with Crippen LogP contribution in [-0.2, 0) is 4.79 Å². The van der Waals surface area contributed by atoms with Crippen LogP contribution in [0.25, 0.3) is 0 Å². The lowest BCUT2D eigenvalue weighted by Crippen LogP contribution is -2.48. The summed E-state index contributed by atoms with van der Waals surface area (Å²) in [6, 6.07) is 11.5. The minimum absolute atomic E-state index is 0.133. The Labute approximate surface area is 191 Å². The number of nitrogens with one attached hydrogen (secondary N) is 2. The van der Waals surface area contributed by atoms with Gasteiger partial charge in [0, 0.05) is 15.6 Å². The van der Waals surface area contributed by atoms with Gasteiger partial charge in [0.05, 0.1) is 19.9 Å². The van der Waals surface area contributed by atoms with Crippen molar-refractivity contribution in [3.05, 3.63) is 58.1 Å². The van der Waals surface area contributed by atoms with E-state index in [1.54, 1.807) is 31.4 Å². The SMILES string of the molecule is CCCOc1ccc(Br)cc1C=NNC(=O)C(NC(=O)c1ccc(OC)cc1)C(C)C. The third-order valence-electron chi connectivity index (χ3n) is 4.40. The summed E-state index contributed by atoms with van der Waals surface area (Å²) in [6.45, 7) is 6.32. The van der Waals surface area contributed by atoms with Gasteiger partial charge in [0.1, 0.15) is 17.5 Å². The van der Waals surface area contributed by atoms with Crippen molar-refractivity contribution in [2.75, 3.05) is 13.7 Å². The van der Waals surface area contributed by atoms with Gasteiger partial charge in [0.2, 0.25) is 0 Å². The molecule has 7 nitrogen and oxygen atoms in total. The molecule has 2 N–H and O–H groups in total. The molecular weight excluding hydrogens is 462 g/mol. The number of methoxy groups -OCH3 is 1. The van der Waals surface area contributed by atoms with Gasteiger partial charge in [-0.3, -0.25) is 9.59 Å². The lowest BCUT2D eigenvalue weighted by molar-refractivity contribution is -0.123. The van der Waals surface area contributed by atoms with Crippen molar-refractivity contribution in [3.63, 3.8) is 0 Å². The van der Waals surface area contributed by atoms with Crippen LogP contribution in [0, 0.1) is 5.92 Å². The van der Waals surface area contributed by atoms with E-state index in [-0.39, 0.29) is 11.8 Å². The molecule has 0 aromatic heterocycles. The van der Waals surface area contributed by atoms with Crippen molar-refractivity contribution in [1.29, 1.82) is 0 Å². The molecule has 0 aliphatic rings. The van der Waals surface area contributed by atoms with E-state index in [1.807, 2.05) is 39.0 Å². The van der Waals surface area contributed by atoms with Gasteiger partial charge in [-0.2, -0.15) is 5.10 Å². The summed E-state index contributed by atoms with van der Waals surface area (Å²) in [6.07, 6.45) is 2.41. The summed E-state index contributed by atoms with van der Waals surface area (Å²) in [5.41, 5.74) is 3.68. The van der Waals surface area contributed by atoms with Crippen molar-refractivity contribution in [2.45, 2.75) is 33.2 Å². The molecule has 0 saturated carbocycles. The molecule has 166 valence electrons. The van der Waals surface area contributed by atoms with E-state index in [2.05, 4.69) is 31.8 Å². The highest BCUT2D eigenvalue weighted by Crippen LogP contribution is 2.22. The summed E-state index contributed by atoms with van der Waals surface area (Å²) in [4.78, 5) is 25.2. The molecule has 2 aromatic carbocycles. The highest BCUT2D eigenvalue weighted by atomic mass is 79.9. The number of carbonyl (C=O) groups is 2. The lowest BCUT2D eigenvalue weighted by atomic mass is 10.0. The molecule has 1 atom stereocenters. The number of halogens is 1. The number of ether oxygens (including phenoxy) is 2. The minimum atomic E-state index is -0.745. The van der Waals surface area contributed by atoms with E-state index >= 15 is 0 Å². The summed E-state index contributed by atoms with van der Waals surface area (Å²) in [5, 5.41) is 6.83. The molecular formula is C23H28BrN3O4. The van der Waals surface area contributed by atoms with Crippen molar-refractivity contribution in [1.82, 2.24) is 10.7 Å². The molecule has 8 heteroatoms. The highest BCUT2D eigenvalue weighted by molar-refractivity contribution is 9.10. The molecule has 0 aliphatic carbocycles. The monoisotopic (exact) mass is 489 g/mol. The largest absolute Gasteiger partial charge is 0.497 e. The molecule has 2 amide bonds. The number of rotatable bonds is 10. The average molecular weight is 490 g/mol. The Morgan fingerprint density at radius 3 is 2.48 bits per heavy atom. The highest BCUT2D eigenvalue weighted by Gasteiger charge is 2.24. The van der Waals surface area contributed by atoms with Crippen LogP contribution >= 0.6 is 15.9 Å². The van der Waals surface area contributed by atoms with Crippen LogP contribution in [0.15, 0.2) is 52.0 Å². The number of hydrogen-bond acceptors (Lipinski definition) is 5. The fourth-order valence-corrected chi connectivity index (χ4v) is 3.08. The van der Waals surface area contributed by atoms with E-state index in [0.29, 0.717) is 23.7 Å². The maximum atomic E-state index is 12.7. The maximum absolute atomic E-state index is 12.7. The van der Waals surface area contributed by atoms with Crippen LogP contribution in [0.3, 0.4) is 0 Å². The molecule has 31 heavy (non-hydrogen) atoms. The second kappa shape index (κ2) is 12.1. The second-order valence-corrected chi connectivity index (χ2v) is 8.10. The Bertz CT molecular complexity index is 914. The Kier molecular flexibility index (Phi) is 9.52. The normalized spacial score (nSPS) is 11.9. The molecule has 0 heterocycles. The van der Waals surface area contributed by atoms with Gasteiger partial charge in [0.15, 0.2) is 0 Å². The number of hydrogen-bond donors (Lipinski definition) is 2. The first-order valence-corrected chi connectivity index (χ1v) is 10.8.